The minimum absolute atomic E-state index is 0.0684. The average molecular weight is 476 g/mol. The predicted octanol–water partition coefficient (Wildman–Crippen LogP) is 1.47. The molecule has 0 spiro atoms. The molecule has 3 aliphatic heterocycles. The quantitative estimate of drug-likeness (QED) is 0.183. The lowest BCUT2D eigenvalue weighted by molar-refractivity contribution is -0.147. The summed E-state index contributed by atoms with van der Waals surface area (Å²) in [5.41, 5.74) is -0.875. The molecule has 4 aliphatic rings. The Morgan fingerprint density at radius 1 is 1.15 bits per heavy atom. The van der Waals surface area contributed by atoms with Crippen LogP contribution in [0, 0.1) is 0 Å². The van der Waals surface area contributed by atoms with Crippen LogP contribution in [0.15, 0.2) is 34.9 Å². The summed E-state index contributed by atoms with van der Waals surface area (Å²) in [4.78, 5) is 48.6. The fraction of sp³-hybridized carbons (Fsp3) is 0.583. The summed E-state index contributed by atoms with van der Waals surface area (Å²) in [6, 6.07) is 0. The Labute approximate surface area is 196 Å². The maximum Gasteiger partial charge on any atom is 0.338 e. The smallest absolute Gasteiger partial charge is 0.338 e. The SMILES string of the molecule is C/C=C(\C)C(=O)O[C@H]1C[C@@]2(COC(C)=O)O[C@H]2/C=C\[C@@]2(C)O[C@@H]2[C@H]2OC(=O)C(COC(C)=O)=C12. The predicted molar refractivity (Wildman–Crippen MR) is 114 cm³/mol. The van der Waals surface area contributed by atoms with Gasteiger partial charge < -0.3 is 28.4 Å². The zero-order chi connectivity index (χ0) is 24.8. The van der Waals surface area contributed by atoms with E-state index in [0.29, 0.717) is 11.1 Å². The van der Waals surface area contributed by atoms with E-state index >= 15 is 0 Å². The van der Waals surface area contributed by atoms with Crippen molar-refractivity contribution < 1.29 is 47.6 Å². The molecule has 3 heterocycles. The van der Waals surface area contributed by atoms with Crippen molar-refractivity contribution in [2.75, 3.05) is 13.2 Å². The normalized spacial score (nSPS) is 36.9. The molecule has 0 saturated carbocycles. The largest absolute Gasteiger partial charge is 0.463 e. The highest BCUT2D eigenvalue weighted by Gasteiger charge is 2.65. The molecule has 6 atom stereocenters. The van der Waals surface area contributed by atoms with Crippen molar-refractivity contribution in [1.82, 2.24) is 0 Å². The second-order valence-corrected chi connectivity index (χ2v) is 9.07. The molecule has 0 unspecified atom stereocenters. The fourth-order valence-corrected chi connectivity index (χ4v) is 4.34. The molecule has 1 aliphatic carbocycles. The molecule has 184 valence electrons. The minimum Gasteiger partial charge on any atom is -0.463 e. The van der Waals surface area contributed by atoms with Crippen molar-refractivity contribution in [3.05, 3.63) is 34.9 Å². The summed E-state index contributed by atoms with van der Waals surface area (Å²) in [7, 11) is 0. The number of carbonyl (C=O) groups excluding carboxylic acids is 4. The molecule has 10 heteroatoms. The van der Waals surface area contributed by atoms with Gasteiger partial charge in [0.2, 0.25) is 0 Å². The van der Waals surface area contributed by atoms with Crippen LogP contribution in [-0.2, 0) is 47.6 Å². The maximum absolute atomic E-state index is 12.8. The van der Waals surface area contributed by atoms with Crippen molar-refractivity contribution in [3.8, 4) is 0 Å². The van der Waals surface area contributed by atoms with Gasteiger partial charge in [0.05, 0.1) is 5.57 Å². The molecule has 0 N–H and O–H groups in total. The Morgan fingerprint density at radius 3 is 2.50 bits per heavy atom. The molecule has 0 aromatic heterocycles. The standard InChI is InChI=1S/C24H28O10/c1-6-12(2)21(27)31-16-9-24(11-30-14(4)26)17(33-24)7-8-23(5)20(34-23)19-18(16)15(22(28)32-19)10-29-13(3)25/h6-8,16-17,19-20H,9-11H2,1-5H3/b8-7-,12-6+/t16-,17-,19-,20+,23+,24-/m0/s1. The van der Waals surface area contributed by atoms with E-state index in [2.05, 4.69) is 0 Å². The van der Waals surface area contributed by atoms with Gasteiger partial charge in [0, 0.05) is 31.4 Å². The van der Waals surface area contributed by atoms with Gasteiger partial charge in [-0.15, -0.1) is 0 Å². The lowest BCUT2D eigenvalue weighted by Gasteiger charge is -2.26. The Hall–Kier alpha value is -2.98. The number of ether oxygens (including phenoxy) is 6. The lowest BCUT2D eigenvalue weighted by Crippen LogP contribution is -2.38. The van der Waals surface area contributed by atoms with Gasteiger partial charge in [-0.3, -0.25) is 9.59 Å². The minimum atomic E-state index is -0.982. The van der Waals surface area contributed by atoms with Gasteiger partial charge in [0.15, 0.2) is 6.10 Å². The van der Waals surface area contributed by atoms with Crippen LogP contribution in [0.2, 0.25) is 0 Å². The molecular formula is C24H28O10. The summed E-state index contributed by atoms with van der Waals surface area (Å²) in [6.45, 7) is 7.27. The summed E-state index contributed by atoms with van der Waals surface area (Å²) >= 11 is 0. The molecule has 10 nitrogen and oxygen atoms in total. The summed E-state index contributed by atoms with van der Waals surface area (Å²) in [5, 5.41) is 0. The second kappa shape index (κ2) is 8.66. The molecule has 0 aromatic rings. The van der Waals surface area contributed by atoms with E-state index in [1.54, 1.807) is 19.9 Å². The molecule has 2 fully saturated rings. The number of esters is 4. The van der Waals surface area contributed by atoms with Crippen LogP contribution < -0.4 is 0 Å². The third-order valence-electron chi connectivity index (χ3n) is 6.55. The van der Waals surface area contributed by atoms with Crippen LogP contribution in [0.1, 0.15) is 41.0 Å². The fourth-order valence-electron chi connectivity index (χ4n) is 4.34. The van der Waals surface area contributed by atoms with Gasteiger partial charge in [0.1, 0.15) is 42.7 Å². The van der Waals surface area contributed by atoms with Gasteiger partial charge in [-0.1, -0.05) is 18.2 Å². The highest BCUT2D eigenvalue weighted by molar-refractivity contribution is 5.94. The number of hydrogen-bond acceptors (Lipinski definition) is 10. The van der Waals surface area contributed by atoms with Gasteiger partial charge in [-0.25, -0.2) is 9.59 Å². The van der Waals surface area contributed by atoms with Crippen LogP contribution in [0.25, 0.3) is 0 Å². The van der Waals surface area contributed by atoms with Crippen molar-refractivity contribution in [2.24, 2.45) is 0 Å². The van der Waals surface area contributed by atoms with E-state index in [9.17, 15) is 19.2 Å². The number of epoxide rings is 2. The van der Waals surface area contributed by atoms with Crippen molar-refractivity contribution in [2.45, 2.75) is 76.7 Å². The van der Waals surface area contributed by atoms with Crippen LogP contribution in [0.5, 0.6) is 0 Å². The van der Waals surface area contributed by atoms with E-state index in [0.717, 1.165) is 0 Å². The monoisotopic (exact) mass is 476 g/mol. The Kier molecular flexibility index (Phi) is 6.15. The van der Waals surface area contributed by atoms with Crippen LogP contribution in [-0.4, -0.2) is 72.7 Å². The van der Waals surface area contributed by atoms with Gasteiger partial charge >= 0.3 is 23.9 Å². The van der Waals surface area contributed by atoms with E-state index in [1.807, 2.05) is 19.1 Å². The first-order chi connectivity index (χ1) is 16.0. The zero-order valence-electron chi connectivity index (χ0n) is 19.7. The number of carbonyl (C=O) groups is 4. The Balaban J connectivity index is 1.78. The third-order valence-corrected chi connectivity index (χ3v) is 6.55. The molecule has 34 heavy (non-hydrogen) atoms. The first-order valence-corrected chi connectivity index (χ1v) is 11.1. The Bertz CT molecular complexity index is 1020. The van der Waals surface area contributed by atoms with Crippen molar-refractivity contribution >= 4 is 23.9 Å². The third kappa shape index (κ3) is 4.52. The summed E-state index contributed by atoms with van der Waals surface area (Å²) in [6.07, 6.45) is 2.61. The first kappa shape index (κ1) is 24.2. The van der Waals surface area contributed by atoms with E-state index in [-0.39, 0.29) is 25.2 Å². The average Bonchev–Trinajstić information content (AvgIpc) is 3.62. The van der Waals surface area contributed by atoms with Gasteiger partial charge in [-0.2, -0.15) is 0 Å². The molecule has 0 bridgehead atoms. The molecular weight excluding hydrogens is 448 g/mol. The lowest BCUT2D eigenvalue weighted by atomic mass is 9.85. The number of fused-ring (bicyclic) bond motifs is 4. The van der Waals surface area contributed by atoms with Crippen molar-refractivity contribution in [3.63, 3.8) is 0 Å². The van der Waals surface area contributed by atoms with Gasteiger partial charge in [0.25, 0.3) is 0 Å². The number of rotatable bonds is 6. The van der Waals surface area contributed by atoms with Crippen molar-refractivity contribution in [1.29, 1.82) is 0 Å². The van der Waals surface area contributed by atoms with E-state index in [4.69, 9.17) is 28.4 Å². The summed E-state index contributed by atoms with van der Waals surface area (Å²) < 4.78 is 33.7. The van der Waals surface area contributed by atoms with E-state index < -0.39 is 59.5 Å². The maximum atomic E-state index is 12.8. The zero-order valence-corrected chi connectivity index (χ0v) is 19.7. The number of hydrogen-bond donors (Lipinski definition) is 0. The molecule has 4 rings (SSSR count). The highest BCUT2D eigenvalue weighted by Crippen LogP contribution is 2.52. The second-order valence-electron chi connectivity index (χ2n) is 9.07. The molecule has 0 amide bonds. The number of allylic oxidation sites excluding steroid dienone is 1. The molecule has 0 radical (unpaired) electrons. The van der Waals surface area contributed by atoms with Gasteiger partial charge in [-0.05, 0) is 20.8 Å². The summed E-state index contributed by atoms with van der Waals surface area (Å²) in [5.74, 6) is -2.31. The van der Waals surface area contributed by atoms with E-state index in [1.165, 1.54) is 13.8 Å². The van der Waals surface area contributed by atoms with Crippen LogP contribution >= 0.6 is 0 Å². The topological polar surface area (TPSA) is 130 Å². The molecule has 0 aromatic carbocycles. The highest BCUT2D eigenvalue weighted by atomic mass is 16.7. The first-order valence-electron chi connectivity index (χ1n) is 11.1. The Morgan fingerprint density at radius 2 is 1.85 bits per heavy atom. The van der Waals surface area contributed by atoms with Crippen LogP contribution in [0.3, 0.4) is 0 Å². The molecule has 2 saturated heterocycles. The van der Waals surface area contributed by atoms with Crippen LogP contribution in [0.4, 0.5) is 0 Å².